The zero-order valence-electron chi connectivity index (χ0n) is 6.96. The van der Waals surface area contributed by atoms with E-state index in [1.807, 2.05) is 19.1 Å². The number of urea groups is 1. The summed E-state index contributed by atoms with van der Waals surface area (Å²) in [6, 6.07) is 2.88. The largest absolute Gasteiger partial charge is 0.322 e. The lowest BCUT2D eigenvalue weighted by Crippen LogP contribution is -2.22. The second-order valence-electron chi connectivity index (χ2n) is 2.84. The summed E-state index contributed by atoms with van der Waals surface area (Å²) in [7, 11) is 0. The highest BCUT2D eigenvalue weighted by Gasteiger charge is 2.31. The lowest BCUT2D eigenvalue weighted by molar-refractivity contribution is -0.120. The van der Waals surface area contributed by atoms with Crippen molar-refractivity contribution in [1.29, 1.82) is 0 Å². The normalized spacial score (nSPS) is 21.5. The Morgan fingerprint density at radius 2 is 2.15 bits per heavy atom. The molecule has 0 saturated carbocycles. The highest BCUT2D eigenvalue weighted by molar-refractivity contribution is 7.12. The molecule has 1 aromatic heterocycles. The van der Waals surface area contributed by atoms with Crippen LogP contribution >= 0.6 is 11.3 Å². The van der Waals surface area contributed by atoms with Crippen molar-refractivity contribution < 1.29 is 9.59 Å². The fourth-order valence-electron chi connectivity index (χ4n) is 1.23. The molecular formula is C8H8N2O2S. The molecule has 4 nitrogen and oxygen atoms in total. The highest BCUT2D eigenvalue weighted by Crippen LogP contribution is 2.24. The van der Waals surface area contributed by atoms with Crippen LogP contribution in [0.25, 0.3) is 0 Å². The number of thiophene rings is 1. The molecule has 0 unspecified atom stereocenters. The van der Waals surface area contributed by atoms with Crippen LogP contribution in [0.1, 0.15) is 15.8 Å². The average molecular weight is 196 g/mol. The van der Waals surface area contributed by atoms with Gasteiger partial charge in [0.25, 0.3) is 5.91 Å². The maximum atomic E-state index is 11.2. The van der Waals surface area contributed by atoms with Crippen molar-refractivity contribution in [2.45, 2.75) is 13.0 Å². The minimum absolute atomic E-state index is 0.271. The van der Waals surface area contributed by atoms with Crippen molar-refractivity contribution in [2.24, 2.45) is 0 Å². The second kappa shape index (κ2) is 2.85. The van der Waals surface area contributed by atoms with Gasteiger partial charge in [-0.05, 0) is 19.1 Å². The monoisotopic (exact) mass is 196 g/mol. The number of carbonyl (C=O) groups excluding carboxylic acids is 2. The summed E-state index contributed by atoms with van der Waals surface area (Å²) in [5, 5.41) is 4.74. The topological polar surface area (TPSA) is 58.2 Å². The first-order valence-corrected chi connectivity index (χ1v) is 4.66. The van der Waals surface area contributed by atoms with Gasteiger partial charge in [0.1, 0.15) is 6.04 Å². The third kappa shape index (κ3) is 1.42. The lowest BCUT2D eigenvalue weighted by Gasteiger charge is -2.01. The summed E-state index contributed by atoms with van der Waals surface area (Å²) in [5.74, 6) is -0.271. The standard InChI is InChI=1S/C8H8N2O2S/c1-4-2-3-5(13-4)6-7(11)10-8(12)9-6/h2-3,6H,1H3,(H2,9,10,11,12)/t6-/m1/s1. The Morgan fingerprint density at radius 3 is 2.62 bits per heavy atom. The number of hydrogen-bond donors (Lipinski definition) is 2. The third-order valence-electron chi connectivity index (χ3n) is 1.82. The minimum atomic E-state index is -0.494. The zero-order chi connectivity index (χ0) is 9.42. The smallest absolute Gasteiger partial charge is 0.321 e. The molecule has 0 aromatic carbocycles. The van der Waals surface area contributed by atoms with Gasteiger partial charge < -0.3 is 5.32 Å². The summed E-state index contributed by atoms with van der Waals surface area (Å²) in [4.78, 5) is 24.0. The summed E-state index contributed by atoms with van der Waals surface area (Å²) in [6.07, 6.45) is 0. The molecule has 13 heavy (non-hydrogen) atoms. The molecule has 3 amide bonds. The van der Waals surface area contributed by atoms with E-state index in [1.54, 1.807) is 0 Å². The maximum Gasteiger partial charge on any atom is 0.322 e. The molecule has 2 rings (SSSR count). The first kappa shape index (κ1) is 8.25. The Morgan fingerprint density at radius 1 is 1.38 bits per heavy atom. The Kier molecular flexibility index (Phi) is 1.81. The Bertz CT molecular complexity index is 372. The molecular weight excluding hydrogens is 188 g/mol. The number of amides is 3. The van der Waals surface area contributed by atoms with Crippen molar-refractivity contribution in [3.63, 3.8) is 0 Å². The predicted octanol–water partition coefficient (Wildman–Crippen LogP) is 0.937. The molecule has 68 valence electrons. The molecule has 1 aliphatic heterocycles. The van der Waals surface area contributed by atoms with Crippen molar-refractivity contribution in [2.75, 3.05) is 0 Å². The van der Waals surface area contributed by atoms with Gasteiger partial charge in [-0.25, -0.2) is 4.79 Å². The average Bonchev–Trinajstić information content (AvgIpc) is 2.58. The Hall–Kier alpha value is -1.36. The fourth-order valence-corrected chi connectivity index (χ4v) is 2.15. The van der Waals surface area contributed by atoms with Crippen molar-refractivity contribution >= 4 is 23.3 Å². The number of nitrogens with one attached hydrogen (secondary N) is 2. The second-order valence-corrected chi connectivity index (χ2v) is 4.16. The molecule has 2 N–H and O–H groups in total. The molecule has 1 aromatic rings. The summed E-state index contributed by atoms with van der Waals surface area (Å²) < 4.78 is 0. The maximum absolute atomic E-state index is 11.2. The number of carbonyl (C=O) groups is 2. The molecule has 1 atom stereocenters. The van der Waals surface area contributed by atoms with Gasteiger partial charge in [0, 0.05) is 9.75 Å². The Labute approximate surface area is 78.9 Å². The van der Waals surface area contributed by atoms with E-state index in [4.69, 9.17) is 0 Å². The van der Waals surface area contributed by atoms with Gasteiger partial charge in [-0.3, -0.25) is 10.1 Å². The van der Waals surface area contributed by atoms with Crippen LogP contribution in [-0.2, 0) is 4.79 Å². The fraction of sp³-hybridized carbons (Fsp3) is 0.250. The van der Waals surface area contributed by atoms with Gasteiger partial charge in [0.05, 0.1) is 0 Å². The molecule has 5 heteroatoms. The number of hydrogen-bond acceptors (Lipinski definition) is 3. The van der Waals surface area contributed by atoms with E-state index in [0.717, 1.165) is 9.75 Å². The SMILES string of the molecule is Cc1ccc([C@H]2NC(=O)NC2=O)s1. The van der Waals surface area contributed by atoms with Gasteiger partial charge in [-0.1, -0.05) is 0 Å². The summed E-state index contributed by atoms with van der Waals surface area (Å²) >= 11 is 1.52. The molecule has 1 fully saturated rings. The van der Waals surface area contributed by atoms with Crippen LogP contribution in [0.2, 0.25) is 0 Å². The van der Waals surface area contributed by atoms with E-state index in [-0.39, 0.29) is 5.91 Å². The third-order valence-corrected chi connectivity index (χ3v) is 2.89. The van der Waals surface area contributed by atoms with E-state index in [2.05, 4.69) is 10.6 Å². The molecule has 1 saturated heterocycles. The van der Waals surface area contributed by atoms with E-state index < -0.39 is 12.1 Å². The van der Waals surface area contributed by atoms with Crippen LogP contribution in [0, 0.1) is 6.92 Å². The van der Waals surface area contributed by atoms with Crippen LogP contribution in [0.5, 0.6) is 0 Å². The summed E-state index contributed by atoms with van der Waals surface area (Å²) in [5.41, 5.74) is 0. The van der Waals surface area contributed by atoms with Crippen LogP contribution < -0.4 is 10.6 Å². The van der Waals surface area contributed by atoms with Gasteiger partial charge in [-0.15, -0.1) is 11.3 Å². The van der Waals surface area contributed by atoms with Crippen LogP contribution in [0.15, 0.2) is 12.1 Å². The molecule has 0 spiro atoms. The number of aryl methyl sites for hydroxylation is 1. The molecule has 0 radical (unpaired) electrons. The molecule has 0 bridgehead atoms. The van der Waals surface area contributed by atoms with E-state index in [0.29, 0.717) is 0 Å². The minimum Gasteiger partial charge on any atom is -0.321 e. The molecule has 2 heterocycles. The first-order valence-electron chi connectivity index (χ1n) is 3.84. The van der Waals surface area contributed by atoms with Crippen molar-refractivity contribution in [3.8, 4) is 0 Å². The van der Waals surface area contributed by atoms with Gasteiger partial charge in [-0.2, -0.15) is 0 Å². The van der Waals surface area contributed by atoms with Gasteiger partial charge in [0.15, 0.2) is 0 Å². The molecule has 1 aliphatic rings. The van der Waals surface area contributed by atoms with E-state index in [9.17, 15) is 9.59 Å². The number of imide groups is 1. The predicted molar refractivity (Wildman–Crippen MR) is 48.5 cm³/mol. The molecule has 0 aliphatic carbocycles. The van der Waals surface area contributed by atoms with Crippen LogP contribution in [0.4, 0.5) is 4.79 Å². The number of rotatable bonds is 1. The van der Waals surface area contributed by atoms with Gasteiger partial charge >= 0.3 is 6.03 Å². The zero-order valence-corrected chi connectivity index (χ0v) is 7.77. The first-order chi connectivity index (χ1) is 6.16. The van der Waals surface area contributed by atoms with Crippen molar-refractivity contribution in [1.82, 2.24) is 10.6 Å². The van der Waals surface area contributed by atoms with Crippen molar-refractivity contribution in [3.05, 3.63) is 21.9 Å². The summed E-state index contributed by atoms with van der Waals surface area (Å²) in [6.45, 7) is 1.96. The Balaban J connectivity index is 2.27. The van der Waals surface area contributed by atoms with Gasteiger partial charge in [0.2, 0.25) is 0 Å². The lowest BCUT2D eigenvalue weighted by atomic mass is 10.2. The van der Waals surface area contributed by atoms with E-state index >= 15 is 0 Å². The van der Waals surface area contributed by atoms with Crippen LogP contribution in [-0.4, -0.2) is 11.9 Å². The van der Waals surface area contributed by atoms with E-state index in [1.165, 1.54) is 11.3 Å². The quantitative estimate of drug-likeness (QED) is 0.657. The van der Waals surface area contributed by atoms with Crippen LogP contribution in [0.3, 0.4) is 0 Å². The highest BCUT2D eigenvalue weighted by atomic mass is 32.1.